The molecule has 0 saturated carbocycles. The van der Waals surface area contributed by atoms with Crippen LogP contribution >= 0.6 is 22.9 Å². The van der Waals surface area contributed by atoms with Gasteiger partial charge in [-0.15, -0.1) is 11.3 Å². The topological polar surface area (TPSA) is 131 Å². The number of benzene rings is 1. The molecule has 0 aliphatic heterocycles. The van der Waals surface area contributed by atoms with Crippen molar-refractivity contribution in [1.82, 2.24) is 9.97 Å². The summed E-state index contributed by atoms with van der Waals surface area (Å²) in [4.78, 5) is 21.9. The summed E-state index contributed by atoms with van der Waals surface area (Å²) in [5.41, 5.74) is 14.1. The molecule has 0 radical (unpaired) electrons. The number of thiophene rings is 1. The Balaban J connectivity index is 1.88. The van der Waals surface area contributed by atoms with E-state index in [1.165, 1.54) is 6.20 Å². The number of rotatable bonds is 3. The van der Waals surface area contributed by atoms with E-state index in [0.717, 1.165) is 16.9 Å². The van der Waals surface area contributed by atoms with Crippen LogP contribution in [-0.2, 0) is 0 Å². The molecule has 0 unspecified atom stereocenters. The van der Waals surface area contributed by atoms with Crippen LogP contribution in [0.4, 0.5) is 17.3 Å². The molecule has 4 aromatic rings. The lowest BCUT2D eigenvalue weighted by Crippen LogP contribution is -2.12. The predicted molar refractivity (Wildman–Crippen MR) is 116 cm³/mol. The van der Waals surface area contributed by atoms with Crippen molar-refractivity contribution in [2.45, 2.75) is 0 Å². The summed E-state index contributed by atoms with van der Waals surface area (Å²) >= 11 is 6.93. The second-order valence-corrected chi connectivity index (χ2v) is 7.50. The van der Waals surface area contributed by atoms with E-state index in [1.54, 1.807) is 12.1 Å². The van der Waals surface area contributed by atoms with Crippen LogP contribution in [-0.4, -0.2) is 15.9 Å². The van der Waals surface area contributed by atoms with Crippen molar-refractivity contribution in [3.8, 4) is 17.2 Å². The molecule has 29 heavy (non-hydrogen) atoms. The Kier molecular flexibility index (Phi) is 4.76. The van der Waals surface area contributed by atoms with Gasteiger partial charge in [-0.25, -0.2) is 9.97 Å². The van der Waals surface area contributed by atoms with Crippen molar-refractivity contribution in [1.29, 1.82) is 5.26 Å². The molecule has 4 rings (SSSR count). The highest BCUT2D eigenvalue weighted by Crippen LogP contribution is 2.42. The molecule has 0 aliphatic rings. The van der Waals surface area contributed by atoms with Gasteiger partial charge < -0.3 is 16.8 Å². The van der Waals surface area contributed by atoms with Crippen LogP contribution < -0.4 is 16.8 Å². The van der Waals surface area contributed by atoms with Crippen molar-refractivity contribution in [3.05, 3.63) is 64.1 Å². The summed E-state index contributed by atoms with van der Waals surface area (Å²) in [6, 6.07) is 14.6. The van der Waals surface area contributed by atoms with E-state index in [0.29, 0.717) is 26.6 Å². The zero-order valence-electron chi connectivity index (χ0n) is 14.8. The number of anilines is 3. The van der Waals surface area contributed by atoms with Crippen LogP contribution in [0.25, 0.3) is 21.3 Å². The fraction of sp³-hybridized carbons (Fsp3) is 0. The van der Waals surface area contributed by atoms with Gasteiger partial charge in [0, 0.05) is 17.1 Å². The number of pyridine rings is 2. The molecule has 3 aromatic heterocycles. The summed E-state index contributed by atoms with van der Waals surface area (Å²) < 4.78 is 0. The summed E-state index contributed by atoms with van der Waals surface area (Å²) in [5, 5.41) is 13.3. The highest BCUT2D eigenvalue weighted by molar-refractivity contribution is 7.21. The highest BCUT2D eigenvalue weighted by Gasteiger charge is 2.24. The van der Waals surface area contributed by atoms with Gasteiger partial charge in [-0.3, -0.25) is 4.79 Å². The molecule has 5 N–H and O–H groups in total. The van der Waals surface area contributed by atoms with Crippen LogP contribution in [0.1, 0.15) is 15.2 Å². The van der Waals surface area contributed by atoms with Crippen molar-refractivity contribution >= 4 is 56.4 Å². The molecule has 9 heteroatoms. The van der Waals surface area contributed by atoms with Crippen molar-refractivity contribution < 1.29 is 4.79 Å². The lowest BCUT2D eigenvalue weighted by Gasteiger charge is -2.09. The molecule has 1 aromatic carbocycles. The van der Waals surface area contributed by atoms with Crippen LogP contribution in [0.2, 0.25) is 5.02 Å². The van der Waals surface area contributed by atoms with Gasteiger partial charge in [0.2, 0.25) is 0 Å². The number of fused-ring (bicyclic) bond motifs is 1. The van der Waals surface area contributed by atoms with Crippen molar-refractivity contribution in [3.63, 3.8) is 0 Å². The first-order valence-electron chi connectivity index (χ1n) is 8.39. The molecule has 0 spiro atoms. The number of hydrogen-bond acceptors (Lipinski definition) is 7. The fourth-order valence-corrected chi connectivity index (χ4v) is 4.09. The van der Waals surface area contributed by atoms with Gasteiger partial charge in [0.25, 0.3) is 5.91 Å². The molecule has 0 atom stereocenters. The predicted octanol–water partition coefficient (Wildman–Crippen LogP) is 4.30. The Hall–Kier alpha value is -3.67. The van der Waals surface area contributed by atoms with Crippen LogP contribution in [0.3, 0.4) is 0 Å². The van der Waals surface area contributed by atoms with E-state index < -0.39 is 5.91 Å². The number of amides is 1. The Morgan fingerprint density at radius 1 is 1.17 bits per heavy atom. The molecule has 0 aliphatic carbocycles. The minimum Gasteiger partial charge on any atom is -0.397 e. The monoisotopic (exact) mass is 420 g/mol. The molecule has 3 heterocycles. The first kappa shape index (κ1) is 18.7. The third-order valence-electron chi connectivity index (χ3n) is 4.25. The average molecular weight is 421 g/mol. The molecular formula is C20H13ClN6OS. The van der Waals surface area contributed by atoms with E-state index in [9.17, 15) is 10.1 Å². The van der Waals surface area contributed by atoms with Gasteiger partial charge in [0.1, 0.15) is 33.0 Å². The second kappa shape index (κ2) is 7.39. The van der Waals surface area contributed by atoms with Crippen LogP contribution in [0.15, 0.2) is 48.7 Å². The Morgan fingerprint density at radius 3 is 2.59 bits per heavy atom. The molecule has 1 amide bonds. The van der Waals surface area contributed by atoms with Crippen LogP contribution in [0.5, 0.6) is 0 Å². The van der Waals surface area contributed by atoms with Crippen molar-refractivity contribution in [2.75, 3.05) is 16.8 Å². The van der Waals surface area contributed by atoms with E-state index in [4.69, 9.17) is 23.1 Å². The lowest BCUT2D eigenvalue weighted by atomic mass is 9.97. The second-order valence-electron chi connectivity index (χ2n) is 6.07. The minimum atomic E-state index is -0.434. The lowest BCUT2D eigenvalue weighted by molar-refractivity contribution is 0.103. The van der Waals surface area contributed by atoms with E-state index >= 15 is 0 Å². The molecule has 0 saturated heterocycles. The maximum absolute atomic E-state index is 12.8. The Morgan fingerprint density at radius 2 is 1.93 bits per heavy atom. The number of nitrogens with two attached hydrogens (primary N) is 2. The van der Waals surface area contributed by atoms with E-state index in [1.807, 2.05) is 30.3 Å². The zero-order chi connectivity index (χ0) is 20.5. The van der Waals surface area contributed by atoms with Gasteiger partial charge >= 0.3 is 0 Å². The third-order valence-corrected chi connectivity index (χ3v) is 5.58. The molecule has 142 valence electrons. The molecule has 7 nitrogen and oxygen atoms in total. The summed E-state index contributed by atoms with van der Waals surface area (Å²) in [5.74, 6) is -0.00688. The first-order valence-corrected chi connectivity index (χ1v) is 9.59. The number of carbonyl (C=O) groups is 1. The summed E-state index contributed by atoms with van der Waals surface area (Å²) in [6.07, 6.45) is 1.43. The molecule has 0 bridgehead atoms. The average Bonchev–Trinajstić information content (AvgIpc) is 3.05. The third kappa shape index (κ3) is 3.33. The maximum atomic E-state index is 12.8. The number of hydrogen-bond donors (Lipinski definition) is 3. The number of nitrogens with one attached hydrogen (secondary N) is 1. The Labute approximate surface area is 174 Å². The number of nitriles is 1. The standard InChI is InChI=1S/C20H13ClN6OS/c21-11-6-7-13(25-9-11)26-19(28)17-16(23)15-14(10-4-2-1-3-5-10)12(8-22)18(24)27-20(15)29-17/h1-7,9H,23H2,(H2,24,27)(H,25,26,28). The number of nitrogen functional groups attached to an aromatic ring is 2. The summed E-state index contributed by atoms with van der Waals surface area (Å²) in [7, 11) is 0. The number of nitrogens with zero attached hydrogens (tertiary/aromatic N) is 3. The van der Waals surface area contributed by atoms with Gasteiger partial charge in [-0.05, 0) is 17.7 Å². The number of halogens is 1. The smallest absolute Gasteiger partial charge is 0.269 e. The van der Waals surface area contributed by atoms with Crippen LogP contribution in [0, 0.1) is 11.3 Å². The fourth-order valence-electron chi connectivity index (χ4n) is 2.97. The van der Waals surface area contributed by atoms with E-state index in [2.05, 4.69) is 21.4 Å². The highest BCUT2D eigenvalue weighted by atomic mass is 35.5. The van der Waals surface area contributed by atoms with Gasteiger partial charge in [-0.1, -0.05) is 41.9 Å². The SMILES string of the molecule is N#Cc1c(N)nc2sc(C(=O)Nc3ccc(Cl)cn3)c(N)c2c1-c1ccccc1. The minimum absolute atomic E-state index is 0.0893. The largest absolute Gasteiger partial charge is 0.397 e. The molecular weight excluding hydrogens is 408 g/mol. The summed E-state index contributed by atoms with van der Waals surface area (Å²) in [6.45, 7) is 0. The molecule has 0 fully saturated rings. The first-order chi connectivity index (χ1) is 14.0. The Bertz CT molecular complexity index is 1280. The van der Waals surface area contributed by atoms with Crippen molar-refractivity contribution in [2.24, 2.45) is 0 Å². The quantitative estimate of drug-likeness (QED) is 0.452. The normalized spacial score (nSPS) is 10.6. The number of aromatic nitrogens is 2. The van der Waals surface area contributed by atoms with Gasteiger partial charge in [0.15, 0.2) is 0 Å². The zero-order valence-corrected chi connectivity index (χ0v) is 16.4. The number of carbonyl (C=O) groups excluding carboxylic acids is 1. The maximum Gasteiger partial charge on any atom is 0.269 e. The van der Waals surface area contributed by atoms with E-state index in [-0.39, 0.29) is 21.9 Å². The van der Waals surface area contributed by atoms with Gasteiger partial charge in [0.05, 0.1) is 10.7 Å². The van der Waals surface area contributed by atoms with Gasteiger partial charge in [-0.2, -0.15) is 5.26 Å².